The van der Waals surface area contributed by atoms with Gasteiger partial charge in [-0.3, -0.25) is 4.79 Å². The lowest BCUT2D eigenvalue weighted by molar-refractivity contribution is -0.126. The van der Waals surface area contributed by atoms with Crippen LogP contribution in [-0.2, 0) is 9.53 Å². The topological polar surface area (TPSA) is 80.3 Å². The molecule has 1 heterocycles. The number of hydrogen-bond donors (Lipinski definition) is 2. The molecular weight excluding hydrogens is 318 g/mol. The Labute approximate surface area is 149 Å². The Hall–Kier alpha value is -2.11. The molecule has 2 rings (SSSR count). The van der Waals surface area contributed by atoms with Crippen LogP contribution in [0.1, 0.15) is 63.7 Å². The van der Waals surface area contributed by atoms with E-state index in [9.17, 15) is 9.59 Å². The Morgan fingerprint density at radius 1 is 1.24 bits per heavy atom. The molecule has 1 saturated carbocycles. The summed E-state index contributed by atoms with van der Waals surface area (Å²) in [6.07, 6.45) is 5.06. The standard InChI is InChI=1S/C19H29N3O3/c1-12(2)21-18(23)14-7-5-8-15(11-14)22-17-16(9-6-10-20-17)19(24)25-13(3)4/h6,9-10,12-15H,5,7-8,11H2,1-4H3,(H,20,22)(H,21,23). The molecule has 1 aromatic heterocycles. The van der Waals surface area contributed by atoms with Crippen LogP contribution >= 0.6 is 0 Å². The van der Waals surface area contributed by atoms with Gasteiger partial charge in [-0.15, -0.1) is 0 Å². The SMILES string of the molecule is CC(C)NC(=O)C1CCCC(Nc2ncccc2C(=O)OC(C)C)C1. The number of nitrogens with zero attached hydrogens (tertiary/aromatic N) is 1. The minimum atomic E-state index is -0.379. The first-order valence-corrected chi connectivity index (χ1v) is 9.09. The normalized spacial score (nSPS) is 20.4. The van der Waals surface area contributed by atoms with E-state index >= 15 is 0 Å². The fourth-order valence-electron chi connectivity index (χ4n) is 3.12. The smallest absolute Gasteiger partial charge is 0.342 e. The first kappa shape index (κ1) is 19.2. The van der Waals surface area contributed by atoms with E-state index in [1.807, 2.05) is 27.7 Å². The molecule has 0 radical (unpaired) electrons. The highest BCUT2D eigenvalue weighted by Gasteiger charge is 2.28. The molecule has 1 aromatic rings. The van der Waals surface area contributed by atoms with E-state index in [0.717, 1.165) is 25.7 Å². The second kappa shape index (κ2) is 8.83. The fourth-order valence-corrected chi connectivity index (χ4v) is 3.12. The van der Waals surface area contributed by atoms with Gasteiger partial charge in [0, 0.05) is 24.2 Å². The highest BCUT2D eigenvalue weighted by atomic mass is 16.5. The zero-order chi connectivity index (χ0) is 18.4. The van der Waals surface area contributed by atoms with Crippen molar-refractivity contribution in [3.8, 4) is 0 Å². The van der Waals surface area contributed by atoms with Gasteiger partial charge < -0.3 is 15.4 Å². The van der Waals surface area contributed by atoms with E-state index in [-0.39, 0.29) is 36.0 Å². The summed E-state index contributed by atoms with van der Waals surface area (Å²) < 4.78 is 5.29. The number of nitrogens with one attached hydrogen (secondary N) is 2. The predicted octanol–water partition coefficient (Wildman–Crippen LogP) is 3.14. The molecule has 0 aliphatic heterocycles. The van der Waals surface area contributed by atoms with Gasteiger partial charge in [0.25, 0.3) is 0 Å². The third kappa shape index (κ3) is 5.73. The van der Waals surface area contributed by atoms with Gasteiger partial charge in [0.05, 0.1) is 6.10 Å². The third-order valence-corrected chi connectivity index (χ3v) is 4.19. The lowest BCUT2D eigenvalue weighted by Gasteiger charge is -2.30. The molecule has 2 atom stereocenters. The molecule has 6 heteroatoms. The van der Waals surface area contributed by atoms with Gasteiger partial charge in [0.1, 0.15) is 11.4 Å². The van der Waals surface area contributed by atoms with Crippen LogP contribution in [-0.4, -0.2) is 35.0 Å². The monoisotopic (exact) mass is 347 g/mol. The van der Waals surface area contributed by atoms with Gasteiger partial charge in [0.2, 0.25) is 5.91 Å². The molecule has 1 aliphatic rings. The molecule has 6 nitrogen and oxygen atoms in total. The van der Waals surface area contributed by atoms with Crippen LogP contribution in [0.4, 0.5) is 5.82 Å². The summed E-state index contributed by atoms with van der Waals surface area (Å²) in [6.45, 7) is 7.58. The molecule has 2 N–H and O–H groups in total. The molecular formula is C19H29N3O3. The summed E-state index contributed by atoms with van der Waals surface area (Å²) in [5, 5.41) is 6.34. The van der Waals surface area contributed by atoms with Gasteiger partial charge in [-0.25, -0.2) is 9.78 Å². The van der Waals surface area contributed by atoms with Crippen LogP contribution in [0.2, 0.25) is 0 Å². The van der Waals surface area contributed by atoms with E-state index in [2.05, 4.69) is 15.6 Å². The first-order valence-electron chi connectivity index (χ1n) is 9.09. The summed E-state index contributed by atoms with van der Waals surface area (Å²) in [6, 6.07) is 3.71. The van der Waals surface area contributed by atoms with Gasteiger partial charge in [-0.1, -0.05) is 6.42 Å². The summed E-state index contributed by atoms with van der Waals surface area (Å²) in [5.74, 6) is 0.268. The summed E-state index contributed by atoms with van der Waals surface area (Å²) in [5.41, 5.74) is 0.435. The summed E-state index contributed by atoms with van der Waals surface area (Å²) in [7, 11) is 0. The zero-order valence-electron chi connectivity index (χ0n) is 15.5. The molecule has 0 aromatic carbocycles. The van der Waals surface area contributed by atoms with Gasteiger partial charge in [0.15, 0.2) is 0 Å². The van der Waals surface area contributed by atoms with Crippen molar-refractivity contribution in [3.63, 3.8) is 0 Å². The van der Waals surface area contributed by atoms with Crippen molar-refractivity contribution in [2.24, 2.45) is 5.92 Å². The Morgan fingerprint density at radius 3 is 2.68 bits per heavy atom. The van der Waals surface area contributed by atoms with Crippen molar-refractivity contribution >= 4 is 17.7 Å². The molecule has 1 aliphatic carbocycles. The van der Waals surface area contributed by atoms with Crippen LogP contribution in [0.15, 0.2) is 18.3 Å². The minimum Gasteiger partial charge on any atom is -0.459 e. The van der Waals surface area contributed by atoms with Crippen molar-refractivity contribution in [3.05, 3.63) is 23.9 Å². The number of ether oxygens (including phenoxy) is 1. The van der Waals surface area contributed by atoms with E-state index in [4.69, 9.17) is 4.74 Å². The van der Waals surface area contributed by atoms with Crippen LogP contribution in [0, 0.1) is 5.92 Å². The molecule has 138 valence electrons. The van der Waals surface area contributed by atoms with Crippen molar-refractivity contribution in [1.82, 2.24) is 10.3 Å². The maximum Gasteiger partial charge on any atom is 0.342 e. The van der Waals surface area contributed by atoms with Crippen LogP contribution in [0.3, 0.4) is 0 Å². The Morgan fingerprint density at radius 2 is 2.00 bits per heavy atom. The van der Waals surface area contributed by atoms with Gasteiger partial charge >= 0.3 is 5.97 Å². The van der Waals surface area contributed by atoms with E-state index in [0.29, 0.717) is 11.4 Å². The number of carbonyl (C=O) groups is 2. The third-order valence-electron chi connectivity index (χ3n) is 4.19. The number of carbonyl (C=O) groups excluding carboxylic acids is 2. The van der Waals surface area contributed by atoms with E-state index in [1.165, 1.54) is 0 Å². The number of esters is 1. The van der Waals surface area contributed by atoms with Crippen LogP contribution < -0.4 is 10.6 Å². The average molecular weight is 347 g/mol. The number of hydrogen-bond acceptors (Lipinski definition) is 5. The number of rotatable bonds is 6. The zero-order valence-corrected chi connectivity index (χ0v) is 15.5. The van der Waals surface area contributed by atoms with Gasteiger partial charge in [-0.05, 0) is 59.1 Å². The van der Waals surface area contributed by atoms with E-state index in [1.54, 1.807) is 18.3 Å². The maximum atomic E-state index is 12.3. The number of pyridine rings is 1. The molecule has 0 saturated heterocycles. The minimum absolute atomic E-state index is 0.00317. The lowest BCUT2D eigenvalue weighted by Crippen LogP contribution is -2.40. The van der Waals surface area contributed by atoms with Crippen molar-refractivity contribution in [2.45, 2.75) is 71.6 Å². The Bertz CT molecular complexity index is 601. The predicted molar refractivity (Wildman–Crippen MR) is 97.4 cm³/mol. The average Bonchev–Trinajstić information content (AvgIpc) is 2.54. The molecule has 1 amide bonds. The largest absolute Gasteiger partial charge is 0.459 e. The molecule has 25 heavy (non-hydrogen) atoms. The summed E-state index contributed by atoms with van der Waals surface area (Å²) >= 11 is 0. The van der Waals surface area contributed by atoms with Crippen LogP contribution in [0.25, 0.3) is 0 Å². The molecule has 0 spiro atoms. The first-order chi connectivity index (χ1) is 11.9. The Kier molecular flexibility index (Phi) is 6.79. The number of amides is 1. The van der Waals surface area contributed by atoms with Crippen molar-refractivity contribution in [2.75, 3.05) is 5.32 Å². The molecule has 1 fully saturated rings. The van der Waals surface area contributed by atoms with Crippen molar-refractivity contribution in [1.29, 1.82) is 0 Å². The fraction of sp³-hybridized carbons (Fsp3) is 0.632. The second-order valence-corrected chi connectivity index (χ2v) is 7.22. The highest BCUT2D eigenvalue weighted by Crippen LogP contribution is 2.27. The second-order valence-electron chi connectivity index (χ2n) is 7.22. The quantitative estimate of drug-likeness (QED) is 0.773. The Balaban J connectivity index is 2.04. The highest BCUT2D eigenvalue weighted by molar-refractivity contribution is 5.94. The molecule has 0 bridgehead atoms. The maximum absolute atomic E-state index is 12.3. The molecule has 2 unspecified atom stereocenters. The van der Waals surface area contributed by atoms with Crippen molar-refractivity contribution < 1.29 is 14.3 Å². The lowest BCUT2D eigenvalue weighted by atomic mass is 9.85. The summed E-state index contributed by atoms with van der Waals surface area (Å²) in [4.78, 5) is 28.8. The van der Waals surface area contributed by atoms with Gasteiger partial charge in [-0.2, -0.15) is 0 Å². The number of anilines is 1. The van der Waals surface area contributed by atoms with E-state index < -0.39 is 0 Å². The van der Waals surface area contributed by atoms with Crippen LogP contribution in [0.5, 0.6) is 0 Å². The number of aromatic nitrogens is 1.